The fourth-order valence-corrected chi connectivity index (χ4v) is 1.91. The van der Waals surface area contributed by atoms with Gasteiger partial charge in [0, 0.05) is 12.7 Å². The van der Waals surface area contributed by atoms with Crippen LogP contribution in [0, 0.1) is 25.0 Å². The summed E-state index contributed by atoms with van der Waals surface area (Å²) in [7, 11) is 1.69. The summed E-state index contributed by atoms with van der Waals surface area (Å²) < 4.78 is 5.24. The number of nitrogens with zero attached hydrogens (tertiary/aromatic N) is 3. The number of rotatable bonds is 6. The Balaban J connectivity index is 2.27. The van der Waals surface area contributed by atoms with E-state index in [0.29, 0.717) is 30.1 Å². The smallest absolute Gasteiger partial charge is 0.226 e. The van der Waals surface area contributed by atoms with Gasteiger partial charge in [0.1, 0.15) is 5.82 Å². The Morgan fingerprint density at radius 2 is 2.05 bits per heavy atom. The van der Waals surface area contributed by atoms with Crippen molar-refractivity contribution in [2.24, 2.45) is 5.92 Å². The van der Waals surface area contributed by atoms with Gasteiger partial charge in [-0.2, -0.15) is 9.97 Å². The van der Waals surface area contributed by atoms with Gasteiger partial charge in [-0.15, -0.1) is 0 Å². The number of ether oxygens (including phenoxy) is 1. The SMILES string of the molecule is COCC(Nc1nc(C)nc(-c2cc#ccc2)n1)C(C)C. The summed E-state index contributed by atoms with van der Waals surface area (Å²) in [6, 6.07) is 11.4. The van der Waals surface area contributed by atoms with Crippen LogP contribution in [0.2, 0.25) is 0 Å². The minimum Gasteiger partial charge on any atom is -0.383 e. The first-order valence-electron chi connectivity index (χ1n) is 6.96. The molecule has 21 heavy (non-hydrogen) atoms. The average molecular weight is 284 g/mol. The van der Waals surface area contributed by atoms with E-state index < -0.39 is 0 Å². The molecule has 110 valence electrons. The maximum Gasteiger partial charge on any atom is 0.226 e. The van der Waals surface area contributed by atoms with E-state index in [2.05, 4.69) is 46.2 Å². The second-order valence-electron chi connectivity index (χ2n) is 5.20. The summed E-state index contributed by atoms with van der Waals surface area (Å²) in [6.07, 6.45) is 0. The highest BCUT2D eigenvalue weighted by Gasteiger charge is 2.15. The lowest BCUT2D eigenvalue weighted by atomic mass is 10.1. The van der Waals surface area contributed by atoms with Gasteiger partial charge in [-0.05, 0) is 31.0 Å². The van der Waals surface area contributed by atoms with E-state index >= 15 is 0 Å². The number of aromatic nitrogens is 3. The highest BCUT2D eigenvalue weighted by atomic mass is 16.5. The van der Waals surface area contributed by atoms with Gasteiger partial charge in [-0.25, -0.2) is 4.98 Å². The van der Waals surface area contributed by atoms with Crippen LogP contribution in [-0.2, 0) is 4.74 Å². The van der Waals surface area contributed by atoms with Crippen LogP contribution in [0.4, 0.5) is 5.95 Å². The predicted molar refractivity (Wildman–Crippen MR) is 81.8 cm³/mol. The first-order chi connectivity index (χ1) is 10.1. The van der Waals surface area contributed by atoms with Crippen molar-refractivity contribution in [1.29, 1.82) is 0 Å². The Morgan fingerprint density at radius 3 is 2.67 bits per heavy atom. The molecule has 1 aromatic carbocycles. The molecule has 0 radical (unpaired) electrons. The Bertz CT molecular complexity index is 572. The summed E-state index contributed by atoms with van der Waals surface area (Å²) >= 11 is 0. The first-order valence-corrected chi connectivity index (χ1v) is 6.96. The third kappa shape index (κ3) is 4.14. The molecular weight excluding hydrogens is 264 g/mol. The van der Waals surface area contributed by atoms with E-state index in [1.54, 1.807) is 13.2 Å². The average Bonchev–Trinajstić information content (AvgIpc) is 2.47. The maximum absolute atomic E-state index is 5.24. The molecule has 0 aliphatic rings. The van der Waals surface area contributed by atoms with E-state index in [0.717, 1.165) is 5.56 Å². The van der Waals surface area contributed by atoms with Gasteiger partial charge in [0.25, 0.3) is 0 Å². The summed E-state index contributed by atoms with van der Waals surface area (Å²) in [4.78, 5) is 13.2. The minimum absolute atomic E-state index is 0.153. The van der Waals surface area contributed by atoms with Gasteiger partial charge in [0.2, 0.25) is 5.95 Å². The van der Waals surface area contributed by atoms with Crippen LogP contribution in [0.1, 0.15) is 19.7 Å². The van der Waals surface area contributed by atoms with Crippen molar-refractivity contribution in [2.45, 2.75) is 26.8 Å². The van der Waals surface area contributed by atoms with Crippen molar-refractivity contribution < 1.29 is 4.74 Å². The first kappa shape index (κ1) is 15.2. The van der Waals surface area contributed by atoms with E-state index in [9.17, 15) is 0 Å². The Kier molecular flexibility index (Phi) is 5.07. The minimum atomic E-state index is 0.153. The van der Waals surface area contributed by atoms with E-state index in [1.165, 1.54) is 0 Å². The van der Waals surface area contributed by atoms with Crippen molar-refractivity contribution in [3.63, 3.8) is 0 Å². The zero-order valence-corrected chi connectivity index (χ0v) is 12.8. The van der Waals surface area contributed by atoms with Crippen molar-refractivity contribution in [3.8, 4) is 11.4 Å². The molecule has 1 aromatic heterocycles. The molecule has 0 fully saturated rings. The van der Waals surface area contributed by atoms with Crippen molar-refractivity contribution in [3.05, 3.63) is 36.2 Å². The van der Waals surface area contributed by atoms with Crippen LogP contribution in [-0.4, -0.2) is 34.7 Å². The van der Waals surface area contributed by atoms with Crippen LogP contribution in [0.25, 0.3) is 11.4 Å². The molecule has 1 N–H and O–H groups in total. The van der Waals surface area contributed by atoms with Gasteiger partial charge in [0.15, 0.2) is 5.82 Å². The number of hydrogen-bond acceptors (Lipinski definition) is 5. The lowest BCUT2D eigenvalue weighted by Gasteiger charge is -2.21. The molecule has 0 bridgehead atoms. The summed E-state index contributed by atoms with van der Waals surface area (Å²) in [5, 5.41) is 3.33. The Labute approximate surface area is 125 Å². The van der Waals surface area contributed by atoms with Gasteiger partial charge in [0.05, 0.1) is 12.6 Å². The molecule has 0 amide bonds. The molecule has 0 saturated carbocycles. The van der Waals surface area contributed by atoms with Crippen molar-refractivity contribution in [2.75, 3.05) is 19.0 Å². The van der Waals surface area contributed by atoms with Crippen LogP contribution < -0.4 is 5.32 Å². The van der Waals surface area contributed by atoms with Gasteiger partial charge >= 0.3 is 0 Å². The van der Waals surface area contributed by atoms with Crippen LogP contribution in [0.5, 0.6) is 0 Å². The van der Waals surface area contributed by atoms with Crippen molar-refractivity contribution >= 4 is 5.95 Å². The third-order valence-electron chi connectivity index (χ3n) is 3.13. The number of nitrogens with one attached hydrogen (secondary N) is 1. The standard InChI is InChI=1S/C16H20N4O/c1-11(2)14(10-21-4)19-16-18-12(3)17-15(20-16)13-8-6-5-7-9-13/h6,8-9,11,14H,10H2,1-4H3,(H,17,18,19,20). The molecule has 2 rings (SSSR count). The highest BCUT2D eigenvalue weighted by molar-refractivity contribution is 5.55. The fourth-order valence-electron chi connectivity index (χ4n) is 1.91. The van der Waals surface area contributed by atoms with E-state index in [1.807, 2.05) is 19.1 Å². The molecule has 0 aliphatic carbocycles. The Hall–Kier alpha value is -2.19. The second kappa shape index (κ2) is 7.00. The molecule has 0 saturated heterocycles. The summed E-state index contributed by atoms with van der Waals surface area (Å²) in [5.74, 6) is 2.29. The summed E-state index contributed by atoms with van der Waals surface area (Å²) in [5.41, 5.74) is 0.898. The molecule has 1 heterocycles. The maximum atomic E-state index is 5.24. The van der Waals surface area contributed by atoms with Gasteiger partial charge in [-0.1, -0.05) is 26.0 Å². The molecule has 5 heteroatoms. The topological polar surface area (TPSA) is 59.9 Å². The summed E-state index contributed by atoms with van der Waals surface area (Å²) in [6.45, 7) is 6.73. The molecule has 0 aliphatic heterocycles. The van der Waals surface area contributed by atoms with Crippen LogP contribution >= 0.6 is 0 Å². The molecule has 1 atom stereocenters. The predicted octanol–water partition coefficient (Wildman–Crippen LogP) is 2.53. The third-order valence-corrected chi connectivity index (χ3v) is 3.13. The largest absolute Gasteiger partial charge is 0.383 e. The quantitative estimate of drug-likeness (QED) is 0.883. The zero-order chi connectivity index (χ0) is 15.2. The normalized spacial score (nSPS) is 12.0. The lowest BCUT2D eigenvalue weighted by molar-refractivity contribution is 0.171. The molecule has 1 unspecified atom stereocenters. The van der Waals surface area contributed by atoms with E-state index in [-0.39, 0.29) is 6.04 Å². The molecule has 0 spiro atoms. The number of aryl methyl sites for hydroxylation is 1. The molecule has 5 nitrogen and oxygen atoms in total. The number of methoxy groups -OCH3 is 1. The van der Waals surface area contributed by atoms with Crippen molar-refractivity contribution in [1.82, 2.24) is 15.0 Å². The molecular formula is C16H20N4O. The van der Waals surface area contributed by atoms with Gasteiger partial charge in [-0.3, -0.25) is 0 Å². The number of hydrogen-bond donors (Lipinski definition) is 1. The lowest BCUT2D eigenvalue weighted by Crippen LogP contribution is -2.31. The monoisotopic (exact) mass is 284 g/mol. The fraction of sp³-hybridized carbons (Fsp3) is 0.438. The second-order valence-corrected chi connectivity index (χ2v) is 5.20. The van der Waals surface area contributed by atoms with E-state index in [4.69, 9.17) is 4.74 Å². The Morgan fingerprint density at radius 1 is 1.24 bits per heavy atom. The van der Waals surface area contributed by atoms with Crippen LogP contribution in [0.15, 0.2) is 18.2 Å². The molecule has 2 aromatic rings. The van der Waals surface area contributed by atoms with Gasteiger partial charge < -0.3 is 10.1 Å². The highest BCUT2D eigenvalue weighted by Crippen LogP contribution is 2.16. The number of anilines is 1. The van der Waals surface area contributed by atoms with Crippen LogP contribution in [0.3, 0.4) is 0 Å². The zero-order valence-electron chi connectivity index (χ0n) is 12.8.